The lowest BCUT2D eigenvalue weighted by Gasteiger charge is -2.45. The first-order chi connectivity index (χ1) is 12.6. The van der Waals surface area contributed by atoms with E-state index < -0.39 is 5.66 Å². The number of rotatable bonds is 3. The fraction of sp³-hybridized carbons (Fsp3) is 0.579. The van der Waals surface area contributed by atoms with E-state index in [1.165, 1.54) is 19.3 Å². The van der Waals surface area contributed by atoms with Gasteiger partial charge in [-0.1, -0.05) is 18.0 Å². The van der Waals surface area contributed by atoms with Crippen molar-refractivity contribution in [1.29, 1.82) is 0 Å². The minimum Gasteiger partial charge on any atom is -0.489 e. The van der Waals surface area contributed by atoms with Gasteiger partial charge in [-0.15, -0.1) is 0 Å². The van der Waals surface area contributed by atoms with Gasteiger partial charge in [0, 0.05) is 5.69 Å². The topological polar surface area (TPSA) is 89.2 Å². The second-order valence-electron chi connectivity index (χ2n) is 7.46. The molecule has 3 aliphatic rings. The van der Waals surface area contributed by atoms with Crippen molar-refractivity contribution in [1.82, 2.24) is 0 Å². The second-order valence-corrected chi connectivity index (χ2v) is 7.86. The molecule has 0 unspecified atom stereocenters. The molecule has 26 heavy (non-hydrogen) atoms. The maximum atomic E-state index is 6.54. The van der Waals surface area contributed by atoms with Crippen molar-refractivity contribution in [2.24, 2.45) is 21.5 Å². The van der Waals surface area contributed by atoms with Gasteiger partial charge in [0.25, 0.3) is 0 Å². The van der Waals surface area contributed by atoms with Crippen molar-refractivity contribution in [3.63, 3.8) is 0 Å². The predicted octanol–water partition coefficient (Wildman–Crippen LogP) is 3.77. The molecule has 1 aliphatic heterocycles. The Labute approximate surface area is 159 Å². The summed E-state index contributed by atoms with van der Waals surface area (Å²) in [7, 11) is 0. The Morgan fingerprint density at radius 3 is 2.50 bits per heavy atom. The highest BCUT2D eigenvalue weighted by Crippen LogP contribution is 2.41. The summed E-state index contributed by atoms with van der Waals surface area (Å²) in [6.07, 6.45) is 10.1. The van der Waals surface area contributed by atoms with Crippen LogP contribution in [0.5, 0.6) is 5.75 Å². The van der Waals surface area contributed by atoms with Crippen LogP contribution in [0.25, 0.3) is 0 Å². The summed E-state index contributed by atoms with van der Waals surface area (Å²) in [4.78, 5) is 10.9. The molecule has 4 rings (SSSR count). The number of guanidine groups is 2. The van der Waals surface area contributed by atoms with Gasteiger partial charge in [0.15, 0.2) is 0 Å². The van der Waals surface area contributed by atoms with Crippen LogP contribution in [0, 0.1) is 0 Å². The average molecular weight is 376 g/mol. The van der Waals surface area contributed by atoms with Gasteiger partial charge in [-0.2, -0.15) is 4.99 Å². The molecule has 0 atom stereocenters. The minimum absolute atomic E-state index is 0.257. The zero-order chi connectivity index (χ0) is 18.1. The minimum atomic E-state index is -0.453. The van der Waals surface area contributed by atoms with Crippen LogP contribution in [0.2, 0.25) is 5.02 Å². The molecular formula is C19H26ClN5O. The highest BCUT2D eigenvalue weighted by molar-refractivity contribution is 6.32. The summed E-state index contributed by atoms with van der Waals surface area (Å²) in [6, 6.07) is 5.83. The number of nitrogens with two attached hydrogens (primary N) is 2. The van der Waals surface area contributed by atoms with Crippen LogP contribution < -0.4 is 21.1 Å². The molecule has 1 spiro atoms. The fourth-order valence-corrected chi connectivity index (χ4v) is 4.62. The molecule has 0 amide bonds. The highest BCUT2D eigenvalue weighted by atomic mass is 35.5. The van der Waals surface area contributed by atoms with Crippen LogP contribution in [-0.4, -0.2) is 23.7 Å². The molecule has 2 fully saturated rings. The molecule has 0 aromatic heterocycles. The molecule has 2 saturated carbocycles. The number of aliphatic imine (C=N–C) groups is 2. The molecule has 1 aromatic carbocycles. The Balaban J connectivity index is 1.64. The van der Waals surface area contributed by atoms with Crippen molar-refractivity contribution in [3.05, 3.63) is 23.2 Å². The van der Waals surface area contributed by atoms with Gasteiger partial charge in [-0.05, 0) is 69.6 Å². The fourth-order valence-electron chi connectivity index (χ4n) is 4.40. The molecule has 2 aliphatic carbocycles. The number of hydrogen-bond acceptors (Lipinski definition) is 6. The van der Waals surface area contributed by atoms with Gasteiger partial charge in [0.1, 0.15) is 11.4 Å². The average Bonchev–Trinajstić information content (AvgIpc) is 3.10. The number of benzene rings is 1. The van der Waals surface area contributed by atoms with Crippen LogP contribution in [0.4, 0.5) is 5.69 Å². The molecular weight excluding hydrogens is 350 g/mol. The van der Waals surface area contributed by atoms with Crippen molar-refractivity contribution >= 4 is 29.2 Å². The maximum absolute atomic E-state index is 6.54. The monoisotopic (exact) mass is 375 g/mol. The van der Waals surface area contributed by atoms with Gasteiger partial charge in [0.05, 0.1) is 11.1 Å². The van der Waals surface area contributed by atoms with E-state index in [0.717, 1.165) is 50.0 Å². The molecule has 0 radical (unpaired) electrons. The summed E-state index contributed by atoms with van der Waals surface area (Å²) in [5.41, 5.74) is 12.6. The summed E-state index contributed by atoms with van der Waals surface area (Å²) < 4.78 is 6.07. The van der Waals surface area contributed by atoms with Gasteiger partial charge in [-0.25, -0.2) is 4.99 Å². The van der Waals surface area contributed by atoms with Crippen molar-refractivity contribution in [3.8, 4) is 5.75 Å². The summed E-state index contributed by atoms with van der Waals surface area (Å²) in [5.74, 6) is 1.36. The van der Waals surface area contributed by atoms with Gasteiger partial charge >= 0.3 is 0 Å². The molecule has 0 bridgehead atoms. The van der Waals surface area contributed by atoms with E-state index >= 15 is 0 Å². The number of anilines is 1. The lowest BCUT2D eigenvalue weighted by Crippen LogP contribution is -2.58. The maximum Gasteiger partial charge on any atom is 0.220 e. The van der Waals surface area contributed by atoms with Crippen molar-refractivity contribution < 1.29 is 4.74 Å². The number of ether oxygens (including phenoxy) is 1. The quantitative estimate of drug-likeness (QED) is 0.841. The lowest BCUT2D eigenvalue weighted by molar-refractivity contribution is 0.210. The van der Waals surface area contributed by atoms with Crippen LogP contribution in [-0.2, 0) is 0 Å². The molecule has 0 saturated heterocycles. The summed E-state index contributed by atoms with van der Waals surface area (Å²) in [5, 5.41) is 0.593. The highest BCUT2D eigenvalue weighted by Gasteiger charge is 2.42. The Morgan fingerprint density at radius 2 is 1.81 bits per heavy atom. The van der Waals surface area contributed by atoms with E-state index in [1.54, 1.807) is 0 Å². The van der Waals surface area contributed by atoms with Crippen LogP contribution in [0.1, 0.15) is 57.8 Å². The smallest absolute Gasteiger partial charge is 0.220 e. The van der Waals surface area contributed by atoms with E-state index in [0.29, 0.717) is 11.0 Å². The first-order valence-electron chi connectivity index (χ1n) is 9.53. The van der Waals surface area contributed by atoms with E-state index in [1.807, 2.05) is 23.1 Å². The molecule has 1 heterocycles. The lowest BCUT2D eigenvalue weighted by atomic mass is 9.87. The van der Waals surface area contributed by atoms with E-state index in [9.17, 15) is 0 Å². The van der Waals surface area contributed by atoms with E-state index in [4.69, 9.17) is 32.8 Å². The Bertz CT molecular complexity index is 735. The van der Waals surface area contributed by atoms with Crippen LogP contribution in [0.15, 0.2) is 28.2 Å². The molecule has 7 heteroatoms. The number of nitrogens with zero attached hydrogens (tertiary/aromatic N) is 3. The zero-order valence-electron chi connectivity index (χ0n) is 15.0. The summed E-state index contributed by atoms with van der Waals surface area (Å²) in [6.45, 7) is 0. The van der Waals surface area contributed by atoms with Crippen molar-refractivity contribution in [2.75, 3.05) is 4.90 Å². The largest absolute Gasteiger partial charge is 0.489 e. The third kappa shape index (κ3) is 3.22. The Hall–Kier alpha value is -1.95. The van der Waals surface area contributed by atoms with Gasteiger partial charge in [0.2, 0.25) is 11.9 Å². The normalized spacial score (nSPS) is 23.0. The third-order valence-electron chi connectivity index (χ3n) is 5.62. The van der Waals surface area contributed by atoms with E-state index in [-0.39, 0.29) is 12.1 Å². The number of halogens is 1. The van der Waals surface area contributed by atoms with Crippen LogP contribution >= 0.6 is 11.6 Å². The number of hydrogen-bond donors (Lipinski definition) is 2. The van der Waals surface area contributed by atoms with E-state index in [2.05, 4.69) is 4.99 Å². The Morgan fingerprint density at radius 1 is 1.08 bits per heavy atom. The molecule has 6 nitrogen and oxygen atoms in total. The zero-order valence-corrected chi connectivity index (χ0v) is 15.7. The molecule has 4 N–H and O–H groups in total. The first kappa shape index (κ1) is 17.5. The molecule has 1 aromatic rings. The first-order valence-corrected chi connectivity index (χ1v) is 9.91. The SMILES string of the molecule is NC1=NC2(CCCCC2)N(c2ccc(OC3CCCC3)c(Cl)c2)C(N)=N1. The van der Waals surface area contributed by atoms with Gasteiger partial charge in [-0.3, -0.25) is 4.90 Å². The van der Waals surface area contributed by atoms with Crippen molar-refractivity contribution in [2.45, 2.75) is 69.6 Å². The molecule has 140 valence electrons. The van der Waals surface area contributed by atoms with Gasteiger partial charge < -0.3 is 16.2 Å². The second kappa shape index (κ2) is 6.99. The Kier molecular flexibility index (Phi) is 4.69. The summed E-state index contributed by atoms with van der Waals surface area (Å²) >= 11 is 6.54. The standard InChI is InChI=1S/C19H26ClN5O/c20-15-12-13(8-9-16(15)26-14-6-2-3-7-14)25-18(22)23-17(21)24-19(25)10-4-1-5-11-19/h8-9,12,14H,1-7,10-11H2,(H4,21,22,23,24). The third-order valence-corrected chi connectivity index (χ3v) is 5.92. The van der Waals surface area contributed by atoms with Crippen LogP contribution in [0.3, 0.4) is 0 Å². The predicted molar refractivity (Wildman–Crippen MR) is 106 cm³/mol.